The summed E-state index contributed by atoms with van der Waals surface area (Å²) in [6.45, 7) is 5.67. The highest BCUT2D eigenvalue weighted by Crippen LogP contribution is 2.26. The second-order valence-electron chi connectivity index (χ2n) is 20.7. The number of unbranched alkanes of at least 4 members (excludes halogenated alkanes) is 20. The lowest BCUT2D eigenvalue weighted by atomic mass is 9.99. The average molecular weight is 1080 g/mol. The van der Waals surface area contributed by atoms with Crippen molar-refractivity contribution in [3.63, 3.8) is 0 Å². The smallest absolute Gasteiger partial charge is 0.306 e. The molecule has 1 amide bonds. The van der Waals surface area contributed by atoms with Crippen LogP contribution in [0.1, 0.15) is 233 Å². The van der Waals surface area contributed by atoms with Gasteiger partial charge in [0.15, 0.2) is 12.4 Å². The fourth-order valence-electron chi connectivity index (χ4n) is 8.73. The van der Waals surface area contributed by atoms with E-state index < -0.39 is 67.4 Å². The number of amides is 1. The molecule has 0 aliphatic carbocycles. The molecule has 0 radical (unpaired) electrons. The van der Waals surface area contributed by atoms with Gasteiger partial charge in [0.25, 0.3) is 0 Å². The van der Waals surface area contributed by atoms with Crippen LogP contribution in [0.15, 0.2) is 109 Å². The molecule has 77 heavy (non-hydrogen) atoms. The Kier molecular flexibility index (Phi) is 49.1. The molecule has 11 heteroatoms. The van der Waals surface area contributed by atoms with Crippen molar-refractivity contribution < 1.29 is 49.3 Å². The molecule has 0 aromatic carbocycles. The number of hydrogen-bond donors (Lipinski definition) is 6. The molecule has 1 aliphatic rings. The Bertz CT molecular complexity index is 1660. The Morgan fingerprint density at radius 1 is 0.506 bits per heavy atom. The Balaban J connectivity index is 2.74. The number of carbonyl (C=O) groups is 2. The van der Waals surface area contributed by atoms with E-state index in [-0.39, 0.29) is 19.4 Å². The molecule has 1 heterocycles. The van der Waals surface area contributed by atoms with Crippen molar-refractivity contribution in [2.75, 3.05) is 13.2 Å². The fraction of sp³-hybridized carbons (Fsp3) is 0.697. The molecule has 11 nitrogen and oxygen atoms in total. The molecule has 0 spiro atoms. The van der Waals surface area contributed by atoms with Gasteiger partial charge in [-0.1, -0.05) is 220 Å². The number of ether oxygens (including phenoxy) is 3. The number of aliphatic hydroxyl groups excluding tert-OH is 5. The first kappa shape index (κ1) is 71.3. The molecule has 1 rings (SSSR count). The van der Waals surface area contributed by atoms with Crippen molar-refractivity contribution in [2.45, 2.75) is 282 Å². The molecule has 8 unspecified atom stereocenters. The van der Waals surface area contributed by atoms with Gasteiger partial charge in [-0.15, -0.1) is 0 Å². The van der Waals surface area contributed by atoms with Crippen LogP contribution in [-0.2, 0) is 23.8 Å². The quantitative estimate of drug-likeness (QED) is 0.0195. The first-order valence-corrected chi connectivity index (χ1v) is 30.7. The minimum atomic E-state index is -1.64. The van der Waals surface area contributed by atoms with Crippen LogP contribution in [-0.4, -0.2) is 99.6 Å². The number of rotatable bonds is 50. The average Bonchev–Trinajstić information content (AvgIpc) is 3.43. The Labute approximate surface area is 468 Å². The van der Waals surface area contributed by atoms with Gasteiger partial charge in [-0.25, -0.2) is 0 Å². The number of nitrogens with one attached hydrogen (secondary N) is 1. The third-order valence-corrected chi connectivity index (χ3v) is 13.6. The highest BCUT2D eigenvalue weighted by molar-refractivity contribution is 5.80. The van der Waals surface area contributed by atoms with Gasteiger partial charge in [0.05, 0.1) is 25.4 Å². The first-order chi connectivity index (χ1) is 37.7. The largest absolute Gasteiger partial charge is 0.454 e. The van der Waals surface area contributed by atoms with E-state index in [1.807, 2.05) is 6.08 Å². The van der Waals surface area contributed by atoms with Crippen LogP contribution < -0.4 is 5.32 Å². The molecule has 0 aromatic heterocycles. The minimum Gasteiger partial charge on any atom is -0.454 e. The summed E-state index contributed by atoms with van der Waals surface area (Å²) in [6.07, 6.45) is 61.2. The van der Waals surface area contributed by atoms with Gasteiger partial charge in [0.1, 0.15) is 24.4 Å². The van der Waals surface area contributed by atoms with Gasteiger partial charge in [-0.2, -0.15) is 0 Å². The zero-order valence-corrected chi connectivity index (χ0v) is 48.5. The van der Waals surface area contributed by atoms with Crippen LogP contribution in [0.4, 0.5) is 0 Å². The van der Waals surface area contributed by atoms with Crippen LogP contribution in [0, 0.1) is 0 Å². The van der Waals surface area contributed by atoms with Gasteiger partial charge >= 0.3 is 5.97 Å². The SMILES string of the molecule is CCCCC/C=C\C/C=C\C/C=C\C/C=C\CCCCCC(=O)OC1C(OCC(NC(=O)C(O)CCCC/C=C\C/C=C\C/C=C\C/C=C\CCCCC)C(O)/C=C/CCCCCCCCCCC)OC(CO)C(O)C1O. The lowest BCUT2D eigenvalue weighted by Crippen LogP contribution is -2.61. The summed E-state index contributed by atoms with van der Waals surface area (Å²) in [5, 5.41) is 56.9. The summed E-state index contributed by atoms with van der Waals surface area (Å²) in [6, 6.07) is -1.05. The summed E-state index contributed by atoms with van der Waals surface area (Å²) in [4.78, 5) is 26.5. The third-order valence-electron chi connectivity index (χ3n) is 13.6. The van der Waals surface area contributed by atoms with E-state index in [4.69, 9.17) is 14.2 Å². The van der Waals surface area contributed by atoms with Crippen LogP contribution in [0.5, 0.6) is 0 Å². The number of hydrogen-bond acceptors (Lipinski definition) is 10. The predicted octanol–water partition coefficient (Wildman–Crippen LogP) is 14.5. The second kappa shape index (κ2) is 53.0. The Hall–Kier alpha value is -3.68. The van der Waals surface area contributed by atoms with E-state index in [1.54, 1.807) is 6.08 Å². The van der Waals surface area contributed by atoms with Crippen molar-refractivity contribution in [2.24, 2.45) is 0 Å². The molecule has 0 saturated carbocycles. The van der Waals surface area contributed by atoms with E-state index in [0.717, 1.165) is 103 Å². The monoisotopic (exact) mass is 1080 g/mol. The summed E-state index contributed by atoms with van der Waals surface area (Å²) >= 11 is 0. The molecule has 6 N–H and O–H groups in total. The highest BCUT2D eigenvalue weighted by atomic mass is 16.7. The van der Waals surface area contributed by atoms with E-state index in [2.05, 4.69) is 123 Å². The number of carbonyl (C=O) groups excluding carboxylic acids is 2. The number of esters is 1. The lowest BCUT2D eigenvalue weighted by molar-refractivity contribution is -0.305. The molecule has 8 atom stereocenters. The molecular weight excluding hydrogens is 967 g/mol. The van der Waals surface area contributed by atoms with E-state index in [0.29, 0.717) is 12.8 Å². The van der Waals surface area contributed by atoms with Gasteiger partial charge in [-0.05, 0) is 116 Å². The van der Waals surface area contributed by atoms with E-state index in [9.17, 15) is 35.1 Å². The second-order valence-corrected chi connectivity index (χ2v) is 20.7. The molecule has 440 valence electrons. The molecule has 0 bridgehead atoms. The Morgan fingerprint density at radius 2 is 0.896 bits per heavy atom. The number of allylic oxidation sites excluding steroid dienone is 17. The normalized spacial score (nSPS) is 19.8. The minimum absolute atomic E-state index is 0.0761. The lowest BCUT2D eigenvalue weighted by Gasteiger charge is -2.41. The van der Waals surface area contributed by atoms with Crippen LogP contribution >= 0.6 is 0 Å². The molecule has 0 aromatic rings. The molecule has 1 saturated heterocycles. The fourth-order valence-corrected chi connectivity index (χ4v) is 8.73. The Morgan fingerprint density at radius 3 is 1.36 bits per heavy atom. The summed E-state index contributed by atoms with van der Waals surface area (Å²) < 4.78 is 17.6. The maximum atomic E-state index is 13.4. The molecule has 1 fully saturated rings. The van der Waals surface area contributed by atoms with Gasteiger partial charge in [-0.3, -0.25) is 9.59 Å². The number of aliphatic hydroxyl groups is 5. The van der Waals surface area contributed by atoms with Gasteiger partial charge in [0.2, 0.25) is 5.91 Å². The van der Waals surface area contributed by atoms with Gasteiger partial charge < -0.3 is 45.1 Å². The topological polar surface area (TPSA) is 175 Å². The van der Waals surface area contributed by atoms with Crippen molar-refractivity contribution >= 4 is 11.9 Å². The summed E-state index contributed by atoms with van der Waals surface area (Å²) in [5.74, 6) is -1.27. The summed E-state index contributed by atoms with van der Waals surface area (Å²) in [5.41, 5.74) is 0. The molecular formula is C66H111NO10. The molecule has 1 aliphatic heterocycles. The zero-order chi connectivity index (χ0) is 56.1. The van der Waals surface area contributed by atoms with Crippen LogP contribution in [0.2, 0.25) is 0 Å². The van der Waals surface area contributed by atoms with Crippen molar-refractivity contribution in [1.29, 1.82) is 0 Å². The van der Waals surface area contributed by atoms with Crippen molar-refractivity contribution in [1.82, 2.24) is 5.32 Å². The first-order valence-electron chi connectivity index (χ1n) is 30.7. The van der Waals surface area contributed by atoms with Crippen molar-refractivity contribution in [3.8, 4) is 0 Å². The zero-order valence-electron chi connectivity index (χ0n) is 48.5. The van der Waals surface area contributed by atoms with Gasteiger partial charge in [0, 0.05) is 6.42 Å². The van der Waals surface area contributed by atoms with E-state index >= 15 is 0 Å². The van der Waals surface area contributed by atoms with Crippen LogP contribution in [0.25, 0.3) is 0 Å². The van der Waals surface area contributed by atoms with E-state index in [1.165, 1.54) is 83.5 Å². The maximum Gasteiger partial charge on any atom is 0.306 e. The van der Waals surface area contributed by atoms with Crippen molar-refractivity contribution in [3.05, 3.63) is 109 Å². The summed E-state index contributed by atoms with van der Waals surface area (Å²) in [7, 11) is 0. The highest BCUT2D eigenvalue weighted by Gasteiger charge is 2.47. The standard InChI is InChI=1S/C66H111NO10/c1-4-7-10-13-16-19-22-24-26-28-30-32-34-36-39-42-45-48-51-54-61(71)77-64-63(73)62(72)60(55-68)76-66(64)75-56-57(58(69)52-49-46-43-40-37-21-18-15-12-9-6-3)67-65(74)59(70)53-50-47-44-41-38-35-33-31-29-27-25-23-20-17-14-11-8-5-2/h16-17,19-20,24-27,30-33,36,38-39,41,49,52,57-60,62-64,66,68-70,72-73H,4-15,18,21-23,28-29,34-35,37,40,42-48,50-51,53-56H2,1-3H3,(H,67,74)/b19-16-,20-17-,26-24-,27-25-,32-30-,33-31-,39-36-,41-38-,52-49+. The third kappa shape index (κ3) is 41.1. The maximum absolute atomic E-state index is 13.4. The van der Waals surface area contributed by atoms with Crippen LogP contribution in [0.3, 0.4) is 0 Å². The predicted molar refractivity (Wildman–Crippen MR) is 319 cm³/mol.